The van der Waals surface area contributed by atoms with Crippen molar-refractivity contribution < 1.29 is 20.7 Å². The molecule has 1 aromatic carbocycles. The molecule has 19 heavy (non-hydrogen) atoms. The molecule has 9 heteroatoms. The maximum Gasteiger partial charge on any atom is 0.334 e. The van der Waals surface area contributed by atoms with E-state index in [2.05, 4.69) is 0 Å². The first-order valence-electron chi connectivity index (χ1n) is 5.17. The zero-order valence-corrected chi connectivity index (χ0v) is 11.5. The fourth-order valence-electron chi connectivity index (χ4n) is 1.37. The van der Waals surface area contributed by atoms with E-state index < -0.39 is 36.1 Å². The number of nitrogens with one attached hydrogen (secondary N) is 1. The van der Waals surface area contributed by atoms with E-state index in [0.717, 1.165) is 12.1 Å². The lowest BCUT2D eigenvalue weighted by molar-refractivity contribution is 0.552. The van der Waals surface area contributed by atoms with Gasteiger partial charge in [-0.05, 0) is 18.6 Å². The molecule has 104 valence electrons. The van der Waals surface area contributed by atoms with Crippen molar-refractivity contribution in [3.05, 3.63) is 24.3 Å². The van der Waals surface area contributed by atoms with E-state index in [1.54, 1.807) is 6.07 Å². The van der Waals surface area contributed by atoms with E-state index in [1.165, 1.54) is 19.1 Å². The first-order valence-corrected chi connectivity index (χ1v) is 8.10. The molecule has 0 aliphatic carbocycles. The molecule has 0 fully saturated rings. The zero-order valence-electron chi connectivity index (χ0n) is 9.87. The number of hydrogen-bond donors (Lipinski definition) is 1. The number of anilines is 1. The second kappa shape index (κ2) is 5.54. The van der Waals surface area contributed by atoms with Gasteiger partial charge in [-0.3, -0.25) is 4.72 Å². The number of sulfonamides is 1. The molecule has 0 spiro atoms. The molecular weight excluding hydrogens is 295 g/mol. The molecule has 0 amide bonds. The van der Waals surface area contributed by atoms with E-state index >= 15 is 0 Å². The number of benzene rings is 1. The topological polar surface area (TPSA) is 104 Å². The predicted octanol–water partition coefficient (Wildman–Crippen LogP) is 1.39. The van der Waals surface area contributed by atoms with Crippen LogP contribution in [0.15, 0.2) is 29.2 Å². The Morgan fingerprint density at radius 2 is 1.89 bits per heavy atom. The Kier molecular flexibility index (Phi) is 4.49. The van der Waals surface area contributed by atoms with Gasteiger partial charge in [0.25, 0.3) is 0 Å². The van der Waals surface area contributed by atoms with Crippen LogP contribution in [-0.4, -0.2) is 22.1 Å². The molecule has 0 saturated carbocycles. The van der Waals surface area contributed by atoms with Crippen LogP contribution >= 0.6 is 0 Å². The smallest absolute Gasteiger partial charge is 0.281 e. The van der Waals surface area contributed by atoms with E-state index in [4.69, 9.17) is 5.26 Å². The molecule has 0 aromatic heterocycles. The van der Waals surface area contributed by atoms with Gasteiger partial charge in [0.2, 0.25) is 10.0 Å². The van der Waals surface area contributed by atoms with Gasteiger partial charge < -0.3 is 0 Å². The van der Waals surface area contributed by atoms with Crippen LogP contribution in [0.5, 0.6) is 0 Å². The molecular formula is C10H11FN2O4S2. The van der Waals surface area contributed by atoms with Crippen LogP contribution in [0.3, 0.4) is 0 Å². The monoisotopic (exact) mass is 306 g/mol. The number of hydrogen-bond acceptors (Lipinski definition) is 5. The summed E-state index contributed by atoms with van der Waals surface area (Å²) in [6.07, 6.45) is 0.0242. The van der Waals surface area contributed by atoms with Gasteiger partial charge in [0.1, 0.15) is 4.90 Å². The van der Waals surface area contributed by atoms with Gasteiger partial charge in [0.05, 0.1) is 11.8 Å². The van der Waals surface area contributed by atoms with E-state index in [0.29, 0.717) is 0 Å². The van der Waals surface area contributed by atoms with Gasteiger partial charge in [-0.1, -0.05) is 19.1 Å². The van der Waals surface area contributed by atoms with Crippen LogP contribution in [0.1, 0.15) is 13.3 Å². The maximum atomic E-state index is 13.0. The van der Waals surface area contributed by atoms with Crippen molar-refractivity contribution in [2.45, 2.75) is 23.5 Å². The average Bonchev–Trinajstić information content (AvgIpc) is 2.28. The lowest BCUT2D eigenvalue weighted by Gasteiger charge is -2.12. The normalized spacial score (nSPS) is 13.5. The molecule has 6 nitrogen and oxygen atoms in total. The summed E-state index contributed by atoms with van der Waals surface area (Å²) in [5.41, 5.74) is -0.418. The van der Waals surface area contributed by atoms with Crippen LogP contribution in [0.4, 0.5) is 9.57 Å². The van der Waals surface area contributed by atoms with Gasteiger partial charge in [-0.2, -0.15) is 13.7 Å². The summed E-state index contributed by atoms with van der Waals surface area (Å²) >= 11 is 0. The van der Waals surface area contributed by atoms with Gasteiger partial charge >= 0.3 is 10.2 Å². The van der Waals surface area contributed by atoms with Crippen LogP contribution in [-0.2, 0) is 20.2 Å². The third kappa shape index (κ3) is 3.65. The number of nitrogens with zero attached hydrogens (tertiary/aromatic N) is 1. The fraction of sp³-hybridized carbons (Fsp3) is 0.300. The molecule has 0 aliphatic heterocycles. The highest BCUT2D eigenvalue weighted by Crippen LogP contribution is 2.24. The molecule has 0 bridgehead atoms. The summed E-state index contributed by atoms with van der Waals surface area (Å²) in [6, 6.07) is 6.22. The molecule has 1 N–H and O–H groups in total. The predicted molar refractivity (Wildman–Crippen MR) is 67.0 cm³/mol. The van der Waals surface area contributed by atoms with Crippen molar-refractivity contribution in [1.29, 1.82) is 5.26 Å². The van der Waals surface area contributed by atoms with Gasteiger partial charge in [-0.25, -0.2) is 8.42 Å². The first-order chi connectivity index (χ1) is 8.72. The second-order valence-corrected chi connectivity index (χ2v) is 6.79. The Labute approximate surface area is 111 Å². The summed E-state index contributed by atoms with van der Waals surface area (Å²) in [5, 5.41) is 7.36. The minimum atomic E-state index is -5.05. The SMILES string of the molecule is CCC(C#N)S(=O)(=O)Nc1ccccc1S(=O)(=O)F. The third-order valence-corrected chi connectivity index (χ3v) is 4.86. The average molecular weight is 306 g/mol. The van der Waals surface area contributed by atoms with Crippen molar-refractivity contribution >= 4 is 25.9 Å². The fourth-order valence-corrected chi connectivity index (χ4v) is 3.26. The van der Waals surface area contributed by atoms with Crippen LogP contribution in [0.2, 0.25) is 0 Å². The van der Waals surface area contributed by atoms with Crippen LogP contribution in [0.25, 0.3) is 0 Å². The van der Waals surface area contributed by atoms with Gasteiger partial charge in [0, 0.05) is 0 Å². The molecule has 1 rings (SSSR count). The largest absolute Gasteiger partial charge is 0.334 e. The zero-order chi connectivity index (χ0) is 14.7. The van der Waals surface area contributed by atoms with Gasteiger partial charge in [-0.15, -0.1) is 3.89 Å². The number of nitriles is 1. The highest BCUT2D eigenvalue weighted by Gasteiger charge is 2.26. The number of para-hydroxylation sites is 1. The van der Waals surface area contributed by atoms with Crippen molar-refractivity contribution in [3.63, 3.8) is 0 Å². The highest BCUT2D eigenvalue weighted by atomic mass is 32.3. The maximum absolute atomic E-state index is 13.0. The summed E-state index contributed by atoms with van der Waals surface area (Å²) in [7, 11) is -9.16. The Hall–Kier alpha value is -1.66. The Bertz CT molecular complexity index is 707. The minimum absolute atomic E-state index is 0.0242. The van der Waals surface area contributed by atoms with Crippen molar-refractivity contribution in [2.24, 2.45) is 0 Å². The van der Waals surface area contributed by atoms with E-state index in [9.17, 15) is 20.7 Å². The molecule has 0 heterocycles. The standard InChI is InChI=1S/C10H11FN2O4S2/c1-2-8(7-12)19(16,17)13-9-5-3-4-6-10(9)18(11,14)15/h3-6,8,13H,2H2,1H3. The number of rotatable bonds is 5. The summed E-state index contributed by atoms with van der Waals surface area (Å²) in [5.74, 6) is 0. The first kappa shape index (κ1) is 15.4. The summed E-state index contributed by atoms with van der Waals surface area (Å²) < 4.78 is 60.3. The Morgan fingerprint density at radius 1 is 1.32 bits per heavy atom. The third-order valence-electron chi connectivity index (χ3n) is 2.29. The Morgan fingerprint density at radius 3 is 2.37 bits per heavy atom. The second-order valence-electron chi connectivity index (χ2n) is 3.61. The van der Waals surface area contributed by atoms with Gasteiger partial charge in [0.15, 0.2) is 5.25 Å². The molecule has 0 radical (unpaired) electrons. The molecule has 0 saturated heterocycles. The highest BCUT2D eigenvalue weighted by molar-refractivity contribution is 7.93. The van der Waals surface area contributed by atoms with E-state index in [1.807, 2.05) is 4.72 Å². The summed E-state index contributed by atoms with van der Waals surface area (Å²) in [6.45, 7) is 1.49. The minimum Gasteiger partial charge on any atom is -0.281 e. The molecule has 1 atom stereocenters. The molecule has 0 aliphatic rings. The lowest BCUT2D eigenvalue weighted by atomic mass is 10.3. The van der Waals surface area contributed by atoms with E-state index in [-0.39, 0.29) is 6.42 Å². The van der Waals surface area contributed by atoms with Crippen molar-refractivity contribution in [1.82, 2.24) is 0 Å². The quantitative estimate of drug-likeness (QED) is 0.828. The van der Waals surface area contributed by atoms with Crippen molar-refractivity contribution in [3.8, 4) is 6.07 Å². The lowest BCUT2D eigenvalue weighted by Crippen LogP contribution is -2.26. The van der Waals surface area contributed by atoms with Crippen LogP contribution in [0, 0.1) is 11.3 Å². The van der Waals surface area contributed by atoms with Crippen molar-refractivity contribution in [2.75, 3.05) is 4.72 Å². The summed E-state index contributed by atoms with van der Waals surface area (Å²) in [4.78, 5) is -0.786. The molecule has 1 unspecified atom stereocenters. The number of halogens is 1. The molecule has 1 aromatic rings. The van der Waals surface area contributed by atoms with Crippen LogP contribution < -0.4 is 4.72 Å². The Balaban J connectivity index is 3.26.